The number of hydrogen-bond donors (Lipinski definition) is 1. The quantitative estimate of drug-likeness (QED) is 0.430. The lowest BCUT2D eigenvalue weighted by molar-refractivity contribution is -0.953. The molecular weight excluding hydrogens is 510 g/mol. The summed E-state index contributed by atoms with van der Waals surface area (Å²) < 4.78 is 35.8. The van der Waals surface area contributed by atoms with E-state index in [-0.39, 0.29) is 17.1 Å². The fourth-order valence-electron chi connectivity index (χ4n) is 7.49. The Bertz CT molecular complexity index is 1570. The van der Waals surface area contributed by atoms with Crippen molar-refractivity contribution in [2.24, 2.45) is 11.8 Å². The lowest BCUT2D eigenvalue weighted by Crippen LogP contribution is -2.64. The summed E-state index contributed by atoms with van der Waals surface area (Å²) in [4.78, 5) is 26.3. The molecule has 2 unspecified atom stereocenters. The number of hydrogen-bond acceptors (Lipinski definition) is 7. The Morgan fingerprint density at radius 2 is 2.00 bits per heavy atom. The van der Waals surface area contributed by atoms with Crippen molar-refractivity contribution in [3.8, 4) is 0 Å². The standard InChI is InChI=1S/C27H29N3O7S/c1-14-18(25(27(33)34)29-24(14)22(15(2)31)26(29)32)11-28-20-5-3-4-17-19-13-30(6-8-37-9-7-30)12-16(19)10-21(23(17)20)38(28,35)36/h3-5,10,14-15,22,24,31H,6-9,11-13H2,1-2H3/t14-,15?,22?,24+/m0/s1. The summed E-state index contributed by atoms with van der Waals surface area (Å²) in [5.41, 5.74) is 2.78. The maximum absolute atomic E-state index is 14.0. The van der Waals surface area contributed by atoms with E-state index in [2.05, 4.69) is 0 Å². The van der Waals surface area contributed by atoms with Crippen LogP contribution >= 0.6 is 0 Å². The molecule has 5 heterocycles. The zero-order valence-corrected chi connectivity index (χ0v) is 22.0. The van der Waals surface area contributed by atoms with Crippen molar-refractivity contribution < 1.29 is 37.4 Å². The van der Waals surface area contributed by atoms with E-state index in [4.69, 9.17) is 4.74 Å². The topological polar surface area (TPSA) is 127 Å². The zero-order chi connectivity index (χ0) is 26.7. The van der Waals surface area contributed by atoms with E-state index in [0.717, 1.165) is 41.6 Å². The van der Waals surface area contributed by atoms with Crippen LogP contribution in [0.25, 0.3) is 10.8 Å². The Morgan fingerprint density at radius 1 is 1.26 bits per heavy atom. The van der Waals surface area contributed by atoms with Gasteiger partial charge in [0.25, 0.3) is 10.0 Å². The van der Waals surface area contributed by atoms with E-state index in [1.54, 1.807) is 13.0 Å². The molecule has 2 aromatic rings. The fourth-order valence-corrected chi connectivity index (χ4v) is 9.22. The predicted molar refractivity (Wildman–Crippen MR) is 134 cm³/mol. The van der Waals surface area contributed by atoms with Gasteiger partial charge >= 0.3 is 0 Å². The average molecular weight is 540 g/mol. The SMILES string of the molecule is CC(O)C1C(=O)N2C(C(=O)[O-])=C(CN3c4cccc5c6c(cc(c45)S3(=O)=O)C[N+]3(CCOCC3)C6)[C@H](C)[C@H]12. The van der Waals surface area contributed by atoms with Crippen LogP contribution in [0.1, 0.15) is 25.0 Å². The first-order chi connectivity index (χ1) is 18.1. The molecule has 5 aliphatic rings. The van der Waals surface area contributed by atoms with E-state index in [1.165, 1.54) is 21.7 Å². The van der Waals surface area contributed by atoms with Gasteiger partial charge in [0.15, 0.2) is 0 Å². The summed E-state index contributed by atoms with van der Waals surface area (Å²) in [6, 6.07) is 6.86. The molecular formula is C27H29N3O7S. The van der Waals surface area contributed by atoms with E-state index in [9.17, 15) is 28.2 Å². The Balaban J connectivity index is 1.32. The highest BCUT2D eigenvalue weighted by Gasteiger charge is 2.59. The molecule has 1 amide bonds. The van der Waals surface area contributed by atoms with Gasteiger partial charge in [-0.1, -0.05) is 19.1 Å². The normalized spacial score (nSPS) is 29.1. The van der Waals surface area contributed by atoms with Crippen molar-refractivity contribution in [2.75, 3.05) is 37.2 Å². The largest absolute Gasteiger partial charge is 0.543 e. The lowest BCUT2D eigenvalue weighted by Gasteiger charge is -2.47. The summed E-state index contributed by atoms with van der Waals surface area (Å²) in [5, 5.41) is 23.9. The first kappa shape index (κ1) is 24.1. The van der Waals surface area contributed by atoms with E-state index in [0.29, 0.717) is 29.9 Å². The molecule has 5 aliphatic heterocycles. The smallest absolute Gasteiger partial charge is 0.265 e. The maximum atomic E-state index is 14.0. The van der Waals surface area contributed by atoms with Gasteiger partial charge in [-0.2, -0.15) is 0 Å². The highest BCUT2D eigenvalue weighted by molar-refractivity contribution is 7.93. The third-order valence-electron chi connectivity index (χ3n) is 9.39. The van der Waals surface area contributed by atoms with Gasteiger partial charge in [0.1, 0.15) is 26.2 Å². The van der Waals surface area contributed by atoms with Gasteiger partial charge in [0, 0.05) is 22.4 Å². The molecule has 0 aliphatic carbocycles. The van der Waals surface area contributed by atoms with Crippen LogP contribution in [0.2, 0.25) is 0 Å². The van der Waals surface area contributed by atoms with Crippen LogP contribution < -0.4 is 9.41 Å². The van der Waals surface area contributed by atoms with Gasteiger partial charge < -0.3 is 29.1 Å². The van der Waals surface area contributed by atoms with Crippen LogP contribution in [0.3, 0.4) is 0 Å². The number of aliphatic hydroxyl groups is 1. The minimum absolute atomic E-state index is 0.199. The summed E-state index contributed by atoms with van der Waals surface area (Å²) >= 11 is 0. The summed E-state index contributed by atoms with van der Waals surface area (Å²) in [7, 11) is -3.98. The number of carbonyl (C=O) groups excluding carboxylic acids is 2. The van der Waals surface area contributed by atoms with Gasteiger partial charge in [0.2, 0.25) is 5.91 Å². The number of aliphatic hydroxyl groups excluding tert-OH is 1. The monoisotopic (exact) mass is 539 g/mol. The van der Waals surface area contributed by atoms with E-state index in [1.807, 2.05) is 18.2 Å². The highest BCUT2D eigenvalue weighted by Crippen LogP contribution is 2.51. The molecule has 4 atom stereocenters. The van der Waals surface area contributed by atoms with Crippen molar-refractivity contribution in [1.82, 2.24) is 4.90 Å². The van der Waals surface area contributed by atoms with Gasteiger partial charge in [-0.15, -0.1) is 0 Å². The van der Waals surface area contributed by atoms with E-state index < -0.39 is 45.9 Å². The van der Waals surface area contributed by atoms with Gasteiger partial charge in [-0.25, -0.2) is 8.42 Å². The molecule has 1 spiro atoms. The molecule has 2 saturated heterocycles. The molecule has 10 nitrogen and oxygen atoms in total. The first-order valence-electron chi connectivity index (χ1n) is 13.0. The van der Waals surface area contributed by atoms with Gasteiger partial charge in [-0.05, 0) is 30.0 Å². The second-order valence-electron chi connectivity index (χ2n) is 11.4. The summed E-state index contributed by atoms with van der Waals surface area (Å²) in [6.45, 7) is 7.86. The van der Waals surface area contributed by atoms with Crippen molar-refractivity contribution in [3.05, 3.63) is 46.7 Å². The molecule has 0 saturated carbocycles. The number of amides is 1. The van der Waals surface area contributed by atoms with Crippen molar-refractivity contribution in [1.29, 1.82) is 0 Å². The Kier molecular flexibility index (Phi) is 4.93. The molecule has 7 rings (SSSR count). The van der Waals surface area contributed by atoms with Gasteiger partial charge in [-0.3, -0.25) is 9.10 Å². The van der Waals surface area contributed by atoms with E-state index >= 15 is 0 Å². The molecule has 38 heavy (non-hydrogen) atoms. The summed E-state index contributed by atoms with van der Waals surface area (Å²) in [5.74, 6) is -3.17. The number of ether oxygens (including phenoxy) is 1. The number of benzene rings is 2. The number of carboxylic acid groups (broad SMARTS) is 1. The number of β-lactam (4-membered cyclic amide) rings is 1. The number of fused-ring (bicyclic) bond motifs is 3. The average Bonchev–Trinajstić information content (AvgIpc) is 3.41. The first-order valence-corrected chi connectivity index (χ1v) is 14.5. The number of morpholine rings is 1. The van der Waals surface area contributed by atoms with Crippen molar-refractivity contribution in [2.45, 2.75) is 44.0 Å². The van der Waals surface area contributed by atoms with Crippen LogP contribution in [0.5, 0.6) is 0 Å². The second-order valence-corrected chi connectivity index (χ2v) is 13.2. The lowest BCUT2D eigenvalue weighted by atomic mass is 9.78. The number of carbonyl (C=O) groups is 2. The second kappa shape index (κ2) is 7.78. The maximum Gasteiger partial charge on any atom is 0.265 e. The molecule has 0 radical (unpaired) electrons. The van der Waals surface area contributed by atoms with Crippen molar-refractivity contribution in [3.63, 3.8) is 0 Å². The minimum Gasteiger partial charge on any atom is -0.543 e. The molecule has 11 heteroatoms. The molecule has 200 valence electrons. The Labute approximate surface area is 220 Å². The molecule has 0 bridgehead atoms. The third kappa shape index (κ3) is 2.95. The number of carboxylic acids is 1. The third-order valence-corrected chi connectivity index (χ3v) is 11.2. The predicted octanol–water partition coefficient (Wildman–Crippen LogP) is 0.0706. The zero-order valence-electron chi connectivity index (χ0n) is 21.2. The molecule has 0 aromatic heterocycles. The van der Waals surface area contributed by atoms with Crippen LogP contribution in [0, 0.1) is 11.8 Å². The molecule has 2 aromatic carbocycles. The summed E-state index contributed by atoms with van der Waals surface area (Å²) in [6.07, 6.45) is -0.943. The minimum atomic E-state index is -3.98. The number of quaternary nitrogens is 1. The number of rotatable bonds is 4. The molecule has 1 N–H and O–H groups in total. The van der Waals surface area contributed by atoms with Crippen LogP contribution in [-0.2, 0) is 37.4 Å². The van der Waals surface area contributed by atoms with Crippen LogP contribution in [0.4, 0.5) is 5.69 Å². The Hall–Kier alpha value is -2.99. The number of anilines is 1. The number of sulfonamides is 1. The van der Waals surface area contributed by atoms with Crippen molar-refractivity contribution >= 4 is 38.4 Å². The highest BCUT2D eigenvalue weighted by atomic mass is 32.2. The number of aliphatic carboxylic acids is 1. The number of nitrogens with zero attached hydrogens (tertiary/aromatic N) is 3. The van der Waals surface area contributed by atoms with Gasteiger partial charge in [0.05, 0.1) is 60.1 Å². The molecule has 2 fully saturated rings. The Morgan fingerprint density at radius 3 is 2.68 bits per heavy atom. The van der Waals surface area contributed by atoms with Crippen LogP contribution in [0.15, 0.2) is 40.4 Å². The fraction of sp³-hybridized carbons (Fsp3) is 0.481. The van der Waals surface area contributed by atoms with Crippen LogP contribution in [-0.4, -0.2) is 79.8 Å².